The van der Waals surface area contributed by atoms with Crippen LogP contribution in [0.5, 0.6) is 0 Å². The smallest absolute Gasteiger partial charge is 0.230 e. The fourth-order valence-corrected chi connectivity index (χ4v) is 2.50. The zero-order chi connectivity index (χ0) is 12.1. The van der Waals surface area contributed by atoms with Gasteiger partial charge in [0.2, 0.25) is 11.1 Å². The molecule has 17 heavy (non-hydrogen) atoms. The van der Waals surface area contributed by atoms with E-state index in [9.17, 15) is 4.79 Å². The van der Waals surface area contributed by atoms with Gasteiger partial charge in [0.05, 0.1) is 10.6 Å². The molecule has 1 amide bonds. The van der Waals surface area contributed by atoms with Gasteiger partial charge in [-0.2, -0.15) is 0 Å². The van der Waals surface area contributed by atoms with E-state index in [1.165, 1.54) is 11.8 Å². The second-order valence-electron chi connectivity index (χ2n) is 3.19. The Bertz CT molecular complexity index is 480. The summed E-state index contributed by atoms with van der Waals surface area (Å²) >= 11 is 2.93. The molecule has 0 aliphatic carbocycles. The second-order valence-corrected chi connectivity index (χ2v) is 5.08. The first-order valence-corrected chi connectivity index (χ1v) is 7.02. The molecule has 0 bridgehead atoms. The first kappa shape index (κ1) is 12.1. The number of aromatic nitrogens is 3. The highest BCUT2D eigenvalue weighted by Crippen LogP contribution is 2.22. The monoisotopic (exact) mass is 268 g/mol. The van der Waals surface area contributed by atoms with Gasteiger partial charge in [-0.25, -0.2) is 4.98 Å². The van der Waals surface area contributed by atoms with E-state index in [0.29, 0.717) is 17.5 Å². The molecule has 0 spiro atoms. The van der Waals surface area contributed by atoms with Gasteiger partial charge in [-0.05, 0) is 18.4 Å². The van der Waals surface area contributed by atoms with E-state index in [0.717, 1.165) is 10.7 Å². The van der Waals surface area contributed by atoms with Crippen molar-refractivity contribution in [3.8, 4) is 10.7 Å². The number of aromatic amines is 1. The summed E-state index contributed by atoms with van der Waals surface area (Å²) in [5.74, 6) is 1.09. The van der Waals surface area contributed by atoms with Crippen molar-refractivity contribution >= 4 is 29.0 Å². The Kier molecular flexibility index (Phi) is 4.16. The van der Waals surface area contributed by atoms with Gasteiger partial charge in [-0.3, -0.25) is 9.89 Å². The van der Waals surface area contributed by atoms with Gasteiger partial charge in [0.1, 0.15) is 0 Å². The number of nitrogens with zero attached hydrogens (tertiary/aromatic N) is 2. The van der Waals surface area contributed by atoms with Gasteiger partial charge in [0.15, 0.2) is 5.82 Å². The van der Waals surface area contributed by atoms with Crippen LogP contribution in [0, 0.1) is 0 Å². The molecule has 90 valence electrons. The molecule has 0 saturated carbocycles. The summed E-state index contributed by atoms with van der Waals surface area (Å²) in [5.41, 5.74) is 0. The van der Waals surface area contributed by atoms with Crippen LogP contribution in [0.2, 0.25) is 0 Å². The minimum absolute atomic E-state index is 0.0000244. The number of carbonyl (C=O) groups excluding carboxylic acids is 1. The van der Waals surface area contributed by atoms with E-state index in [1.807, 2.05) is 24.4 Å². The maximum Gasteiger partial charge on any atom is 0.230 e. The van der Waals surface area contributed by atoms with Crippen molar-refractivity contribution in [1.82, 2.24) is 20.5 Å². The predicted molar refractivity (Wildman–Crippen MR) is 69.1 cm³/mol. The van der Waals surface area contributed by atoms with Crippen LogP contribution in [0.1, 0.15) is 6.92 Å². The van der Waals surface area contributed by atoms with Gasteiger partial charge in [0.25, 0.3) is 0 Å². The maximum atomic E-state index is 11.3. The third-order valence-corrected chi connectivity index (χ3v) is 3.65. The van der Waals surface area contributed by atoms with Crippen molar-refractivity contribution in [3.63, 3.8) is 0 Å². The van der Waals surface area contributed by atoms with Crippen LogP contribution < -0.4 is 5.32 Å². The summed E-state index contributed by atoms with van der Waals surface area (Å²) < 4.78 is 0. The maximum absolute atomic E-state index is 11.3. The molecule has 0 radical (unpaired) electrons. The van der Waals surface area contributed by atoms with Crippen LogP contribution in [0.15, 0.2) is 22.7 Å². The number of thioether (sulfide) groups is 1. The van der Waals surface area contributed by atoms with E-state index >= 15 is 0 Å². The van der Waals surface area contributed by atoms with Gasteiger partial charge in [-0.1, -0.05) is 17.8 Å². The highest BCUT2D eigenvalue weighted by Gasteiger charge is 2.08. The standard InChI is InChI=1S/C10H12N4OS2/c1-2-11-8(15)6-17-10-12-9(13-14-10)7-4-3-5-16-7/h3-5H,2,6H2,1H3,(H,11,15)(H,12,13,14). The second kappa shape index (κ2) is 5.83. The average molecular weight is 268 g/mol. The predicted octanol–water partition coefficient (Wildman–Crippen LogP) is 1.76. The zero-order valence-electron chi connectivity index (χ0n) is 9.27. The zero-order valence-corrected chi connectivity index (χ0v) is 10.9. The SMILES string of the molecule is CCNC(=O)CSc1n[nH]c(-c2cccs2)n1. The number of hydrogen-bond acceptors (Lipinski definition) is 5. The summed E-state index contributed by atoms with van der Waals surface area (Å²) in [5, 5.41) is 12.2. The summed E-state index contributed by atoms with van der Waals surface area (Å²) in [6.07, 6.45) is 0. The molecule has 2 heterocycles. The number of nitrogens with one attached hydrogen (secondary N) is 2. The summed E-state index contributed by atoms with van der Waals surface area (Å²) in [6.45, 7) is 2.54. The summed E-state index contributed by atoms with van der Waals surface area (Å²) in [6, 6.07) is 3.94. The molecule has 0 aromatic carbocycles. The van der Waals surface area contributed by atoms with Crippen molar-refractivity contribution in [3.05, 3.63) is 17.5 Å². The third kappa shape index (κ3) is 3.31. The van der Waals surface area contributed by atoms with E-state index in [1.54, 1.807) is 11.3 Å². The largest absolute Gasteiger partial charge is 0.356 e. The minimum Gasteiger partial charge on any atom is -0.356 e. The number of hydrogen-bond donors (Lipinski definition) is 2. The van der Waals surface area contributed by atoms with Gasteiger partial charge >= 0.3 is 0 Å². The van der Waals surface area contributed by atoms with Crippen molar-refractivity contribution in [2.24, 2.45) is 0 Å². The van der Waals surface area contributed by atoms with Crippen LogP contribution in [-0.4, -0.2) is 33.4 Å². The van der Waals surface area contributed by atoms with Gasteiger partial charge in [0, 0.05) is 6.54 Å². The fourth-order valence-electron chi connectivity index (χ4n) is 1.21. The molecule has 0 atom stereocenters. The summed E-state index contributed by atoms with van der Waals surface area (Å²) in [7, 11) is 0. The molecule has 0 fully saturated rings. The lowest BCUT2D eigenvalue weighted by molar-refractivity contribution is -0.118. The Labute approximate surface area is 107 Å². The first-order valence-electron chi connectivity index (χ1n) is 5.15. The summed E-state index contributed by atoms with van der Waals surface area (Å²) in [4.78, 5) is 16.6. The van der Waals surface area contributed by atoms with Crippen molar-refractivity contribution in [1.29, 1.82) is 0 Å². The fraction of sp³-hybridized carbons (Fsp3) is 0.300. The van der Waals surface area contributed by atoms with Crippen LogP contribution in [0.4, 0.5) is 0 Å². The molecular formula is C10H12N4OS2. The van der Waals surface area contributed by atoms with Gasteiger partial charge in [-0.15, -0.1) is 16.4 Å². The van der Waals surface area contributed by atoms with Crippen LogP contribution >= 0.6 is 23.1 Å². The first-order chi connectivity index (χ1) is 8.29. The Balaban J connectivity index is 1.93. The molecule has 5 nitrogen and oxygen atoms in total. The third-order valence-electron chi connectivity index (χ3n) is 1.93. The molecular weight excluding hydrogens is 256 g/mol. The highest BCUT2D eigenvalue weighted by atomic mass is 32.2. The van der Waals surface area contributed by atoms with Crippen LogP contribution in [0.3, 0.4) is 0 Å². The molecule has 7 heteroatoms. The van der Waals surface area contributed by atoms with E-state index in [2.05, 4.69) is 20.5 Å². The topological polar surface area (TPSA) is 70.7 Å². The molecule has 0 saturated heterocycles. The minimum atomic E-state index is -0.0000244. The molecule has 2 N–H and O–H groups in total. The molecule has 0 aliphatic rings. The number of rotatable bonds is 5. The van der Waals surface area contributed by atoms with E-state index in [4.69, 9.17) is 0 Å². The number of H-pyrrole nitrogens is 1. The van der Waals surface area contributed by atoms with Crippen LogP contribution in [0.25, 0.3) is 10.7 Å². The van der Waals surface area contributed by atoms with Crippen molar-refractivity contribution in [2.75, 3.05) is 12.3 Å². The molecule has 2 rings (SSSR count). The van der Waals surface area contributed by atoms with Crippen molar-refractivity contribution in [2.45, 2.75) is 12.1 Å². The average Bonchev–Trinajstić information content (AvgIpc) is 2.97. The normalized spacial score (nSPS) is 10.4. The van der Waals surface area contributed by atoms with Gasteiger partial charge < -0.3 is 5.32 Å². The molecule has 2 aromatic rings. The molecule has 2 aromatic heterocycles. The lowest BCUT2D eigenvalue weighted by Gasteiger charge is -1.98. The number of amides is 1. The lowest BCUT2D eigenvalue weighted by Crippen LogP contribution is -2.24. The number of carbonyl (C=O) groups is 1. The van der Waals surface area contributed by atoms with Crippen molar-refractivity contribution < 1.29 is 4.79 Å². The van der Waals surface area contributed by atoms with Crippen LogP contribution in [-0.2, 0) is 4.79 Å². The van der Waals surface area contributed by atoms with E-state index < -0.39 is 0 Å². The lowest BCUT2D eigenvalue weighted by atomic mass is 10.4. The Morgan fingerprint density at radius 3 is 3.24 bits per heavy atom. The highest BCUT2D eigenvalue weighted by molar-refractivity contribution is 7.99. The van der Waals surface area contributed by atoms with E-state index in [-0.39, 0.29) is 5.91 Å². The Hall–Kier alpha value is -1.34. The molecule has 0 aliphatic heterocycles. The number of thiophene rings is 1. The quantitative estimate of drug-likeness (QED) is 0.811. The Morgan fingerprint density at radius 2 is 2.53 bits per heavy atom. The molecule has 0 unspecified atom stereocenters. The Morgan fingerprint density at radius 1 is 1.65 bits per heavy atom.